The minimum Gasteiger partial charge on any atom is -0.462 e. The fourth-order valence-corrected chi connectivity index (χ4v) is 9.30. The van der Waals surface area contributed by atoms with Gasteiger partial charge >= 0.3 is 5.97 Å². The van der Waals surface area contributed by atoms with Crippen LogP contribution < -0.4 is 0 Å². The molecule has 0 spiro atoms. The maximum absolute atomic E-state index is 14.0. The number of hydrogen-bond acceptors (Lipinski definition) is 18. The summed E-state index contributed by atoms with van der Waals surface area (Å²) in [5, 5.41) is 54.3. The van der Waals surface area contributed by atoms with Crippen molar-refractivity contribution in [2.24, 2.45) is 23.7 Å². The molecule has 2 fully saturated rings. The van der Waals surface area contributed by atoms with Crippen molar-refractivity contribution in [3.05, 3.63) is 35.7 Å². The van der Waals surface area contributed by atoms with E-state index in [4.69, 9.17) is 42.6 Å². The van der Waals surface area contributed by atoms with Crippen molar-refractivity contribution in [1.82, 2.24) is 19.8 Å². The highest BCUT2D eigenvalue weighted by Crippen LogP contribution is 2.36. The number of rotatable bonds is 18. The Morgan fingerprint density at radius 3 is 2.17 bits per heavy atom. The summed E-state index contributed by atoms with van der Waals surface area (Å²) in [5.74, 6) is -3.25. The van der Waals surface area contributed by atoms with Crippen LogP contribution in [0.1, 0.15) is 86.8 Å². The molecule has 4 N–H and O–H groups in total. The molecule has 4 rings (SSSR count). The molecule has 0 radical (unpaired) electrons. The normalized spacial score (nSPS) is 38.0. The molecule has 1 aromatic rings. The molecular formula is C46H79BN4O15. The Morgan fingerprint density at radius 2 is 1.56 bits per heavy atom. The van der Waals surface area contributed by atoms with E-state index in [1.807, 2.05) is 45.6 Å². The minimum atomic E-state index is -1.36. The van der Waals surface area contributed by atoms with E-state index in [2.05, 4.69) is 10.3 Å². The lowest BCUT2D eigenvalue weighted by Crippen LogP contribution is -2.64. The second kappa shape index (κ2) is 26.9. The first-order valence-corrected chi connectivity index (χ1v) is 23.6. The number of hydrogen-bond donors (Lipinski definition) is 4. The van der Waals surface area contributed by atoms with E-state index in [1.54, 1.807) is 52.7 Å². The highest BCUT2D eigenvalue weighted by atomic mass is 16.7. The van der Waals surface area contributed by atoms with Crippen LogP contribution in [0.15, 0.2) is 30.0 Å². The minimum absolute atomic E-state index is 0.00976. The van der Waals surface area contributed by atoms with Gasteiger partial charge in [-0.1, -0.05) is 43.7 Å². The molecule has 0 aromatic carbocycles. The van der Waals surface area contributed by atoms with E-state index in [0.717, 1.165) is 5.69 Å². The van der Waals surface area contributed by atoms with Gasteiger partial charge in [0, 0.05) is 70.8 Å². The summed E-state index contributed by atoms with van der Waals surface area (Å²) in [4.78, 5) is 29.8. The molecular weight excluding hydrogens is 859 g/mol. The number of esters is 1. The number of carbonyl (C=O) groups excluding carboxylic acids is 2. The van der Waals surface area contributed by atoms with Crippen LogP contribution in [0.25, 0.3) is 0 Å². The monoisotopic (exact) mass is 939 g/mol. The molecule has 17 atom stereocenters. The predicted octanol–water partition coefficient (Wildman–Crippen LogP) is 1.36. The van der Waals surface area contributed by atoms with Gasteiger partial charge in [0.05, 0.1) is 55.3 Å². The fraction of sp³-hybridized carbons (Fsp3) is 0.826. The lowest BCUT2D eigenvalue weighted by atomic mass is 9.79. The summed E-state index contributed by atoms with van der Waals surface area (Å²) in [6, 6.07) is -0.818. The molecule has 0 saturated carbocycles. The van der Waals surface area contributed by atoms with Crippen LogP contribution >= 0.6 is 0 Å². The third-order valence-corrected chi connectivity index (χ3v) is 13.2. The van der Waals surface area contributed by atoms with Crippen LogP contribution in [0.3, 0.4) is 0 Å². The zero-order valence-electron chi connectivity index (χ0n) is 41.1. The Labute approximate surface area is 391 Å². The molecule has 19 nitrogen and oxygen atoms in total. The molecule has 3 aliphatic rings. The highest BCUT2D eigenvalue weighted by Gasteiger charge is 2.49. The summed E-state index contributed by atoms with van der Waals surface area (Å²) >= 11 is 0. The maximum Gasteiger partial charge on any atom is 0.308 e. The van der Waals surface area contributed by atoms with Crippen molar-refractivity contribution >= 4 is 19.7 Å². The smallest absolute Gasteiger partial charge is 0.308 e. The molecule has 0 amide bonds. The van der Waals surface area contributed by atoms with Gasteiger partial charge in [0.2, 0.25) is 0 Å². The second-order valence-electron chi connectivity index (χ2n) is 18.2. The zero-order valence-corrected chi connectivity index (χ0v) is 41.1. The Bertz CT molecular complexity index is 1680. The number of methoxy groups -OCH3 is 2. The van der Waals surface area contributed by atoms with E-state index in [0.29, 0.717) is 38.2 Å². The first-order chi connectivity index (χ1) is 31.4. The number of cyclic esters (lactones) is 1. The van der Waals surface area contributed by atoms with Crippen LogP contribution in [0.5, 0.6) is 0 Å². The highest BCUT2D eigenvalue weighted by molar-refractivity contribution is 6.05. The molecule has 0 bridgehead atoms. The van der Waals surface area contributed by atoms with Crippen molar-refractivity contribution in [2.45, 2.75) is 173 Å². The second-order valence-corrected chi connectivity index (χ2v) is 18.2. The first-order valence-electron chi connectivity index (χ1n) is 23.6. The first kappa shape index (κ1) is 55.9. The number of carbonyl (C=O) groups is 2. The van der Waals surface area contributed by atoms with Crippen molar-refractivity contribution in [3.8, 4) is 0 Å². The van der Waals surface area contributed by atoms with Crippen LogP contribution in [0, 0.1) is 23.7 Å². The van der Waals surface area contributed by atoms with Gasteiger partial charge in [0.1, 0.15) is 30.5 Å². The van der Waals surface area contributed by atoms with Gasteiger partial charge in [-0.25, -0.2) is 0 Å². The van der Waals surface area contributed by atoms with Gasteiger partial charge in [0.15, 0.2) is 24.7 Å². The Hall–Kier alpha value is -2.70. The third kappa shape index (κ3) is 15.2. The number of aliphatic hydroxyl groups excluding tert-OH is 4. The van der Waals surface area contributed by atoms with Gasteiger partial charge in [-0.3, -0.25) is 14.5 Å². The molecule has 66 heavy (non-hydrogen) atoms. The number of nitrogens with zero attached hydrogens (tertiary/aromatic N) is 4. The predicted molar refractivity (Wildman–Crippen MR) is 243 cm³/mol. The molecule has 20 heteroatoms. The van der Waals surface area contributed by atoms with E-state index in [1.165, 1.54) is 20.3 Å². The summed E-state index contributed by atoms with van der Waals surface area (Å²) in [7, 11) is 6.53. The van der Waals surface area contributed by atoms with Crippen molar-refractivity contribution in [1.29, 1.82) is 0 Å². The topological polar surface area (TPSA) is 232 Å². The molecule has 3 aliphatic heterocycles. The van der Waals surface area contributed by atoms with Crippen molar-refractivity contribution < 1.29 is 72.6 Å². The van der Waals surface area contributed by atoms with Crippen molar-refractivity contribution in [2.75, 3.05) is 47.6 Å². The quantitative estimate of drug-likeness (QED) is 0.0925. The van der Waals surface area contributed by atoms with Crippen LogP contribution in [-0.4, -0.2) is 194 Å². The number of aliphatic hydroxyl groups is 4. The van der Waals surface area contributed by atoms with Gasteiger partial charge < -0.3 is 67.7 Å². The molecule has 11 unspecified atom stereocenters. The van der Waals surface area contributed by atoms with Gasteiger partial charge in [-0.05, 0) is 66.5 Å². The van der Waals surface area contributed by atoms with Gasteiger partial charge in [0.25, 0.3) is 7.98 Å². The maximum atomic E-state index is 14.0. The molecule has 376 valence electrons. The van der Waals surface area contributed by atoms with Gasteiger partial charge in [-0.15, -0.1) is 5.10 Å². The van der Waals surface area contributed by atoms with E-state index in [-0.39, 0.29) is 25.2 Å². The number of likely N-dealkylation sites (N-methyl/N-ethyl adjacent to an activating group) is 1. The number of ether oxygens (including phenoxy) is 9. The van der Waals surface area contributed by atoms with Crippen LogP contribution in [0.2, 0.25) is 0 Å². The Balaban J connectivity index is 1.69. The van der Waals surface area contributed by atoms with E-state index >= 15 is 0 Å². The zero-order chi connectivity index (χ0) is 48.8. The number of aromatic nitrogens is 3. The molecule has 4 heterocycles. The summed E-state index contributed by atoms with van der Waals surface area (Å²) in [6.45, 7) is 15.5. The lowest BCUT2D eigenvalue weighted by molar-refractivity contribution is -0.307. The average Bonchev–Trinajstić information content (AvgIpc) is 3.70. The summed E-state index contributed by atoms with van der Waals surface area (Å²) < 4.78 is 56.3. The SMILES string of the molecule is Bn1cc(CCN(C)C2C(O)C(C)OC(OC3[C@@H](CC(OCC)OCC)C[C@@H](C)C(=O)/C=C/C(C)=C/[C@H](COC4OC(C)C(O)C(OC)C4OC)[C@@H](CC)OC(=O)C[C@@H](O)[C@@H]3C)C2O)nn1. The molecule has 0 aliphatic carbocycles. The fourth-order valence-electron chi connectivity index (χ4n) is 9.30. The standard InChI is InChI=1S/C46H79BN4O15/c1-12-35-31(24-62-46-44(59-11)43(58-10)40(56)29(8)64-46)19-25(4)15-16-33(52)26(5)20-30(21-37(60-13-2)61-14-3)42(27(6)34(53)22-36(54)65-35)66-45-41(57)38(39(55)28(7)63-45)50(9)18-17-32-23-51(47)49-48-32/h15-16,19,23,26-31,34-35,37-46,53,55-57H,12-14,17-18,20-22,24,47H2,1-11H3/b16-15+,25-19+/t26-,27+,28?,29?,30-,31-,34-,35-,38?,39?,40?,41?,42?,43?,44?,45?,46?/m1/s1. The number of allylic oxidation sites excluding steroid dienone is 3. The summed E-state index contributed by atoms with van der Waals surface area (Å²) in [5.41, 5.74) is 1.46. The largest absolute Gasteiger partial charge is 0.462 e. The van der Waals surface area contributed by atoms with Gasteiger partial charge in [-0.2, -0.15) is 0 Å². The van der Waals surface area contributed by atoms with Crippen LogP contribution in [0.4, 0.5) is 0 Å². The Morgan fingerprint density at radius 1 is 0.909 bits per heavy atom. The lowest BCUT2D eigenvalue weighted by Gasteiger charge is -2.47. The Kier molecular flexibility index (Phi) is 22.8. The number of ketones is 1. The summed E-state index contributed by atoms with van der Waals surface area (Å²) in [6.07, 6.45) is -4.27. The van der Waals surface area contributed by atoms with E-state index in [9.17, 15) is 30.0 Å². The van der Waals surface area contributed by atoms with Crippen molar-refractivity contribution in [3.63, 3.8) is 0 Å². The molecule has 2 saturated heterocycles. The third-order valence-electron chi connectivity index (χ3n) is 13.2. The molecule has 1 aromatic heterocycles. The van der Waals surface area contributed by atoms with E-state index < -0.39 is 122 Å². The average molecular weight is 939 g/mol. The van der Waals surface area contributed by atoms with Crippen LogP contribution in [-0.2, 0) is 58.6 Å².